The van der Waals surface area contributed by atoms with Gasteiger partial charge in [-0.1, -0.05) is 31.4 Å². The summed E-state index contributed by atoms with van der Waals surface area (Å²) in [5.41, 5.74) is 1.49. The van der Waals surface area contributed by atoms with Crippen LogP contribution in [0.5, 0.6) is 0 Å². The van der Waals surface area contributed by atoms with Gasteiger partial charge in [0.25, 0.3) is 5.91 Å². The van der Waals surface area contributed by atoms with Gasteiger partial charge in [0.15, 0.2) is 0 Å². The standard InChI is InChI=1S/C20H25FN4O5S/c21-15-6-2-3-7-16(15)31(29,30)24-12-8-14(9-13-24)17(26)23-25-18(27)20(22-19(25)28)10-4-1-5-11-20/h2-3,6-7,14H,1,4-5,8-13H2,(H,22,28)(H,23,26). The second-order valence-electron chi connectivity index (χ2n) is 8.30. The Morgan fingerprint density at radius 2 is 1.74 bits per heavy atom. The van der Waals surface area contributed by atoms with Gasteiger partial charge in [0.1, 0.15) is 16.3 Å². The van der Waals surface area contributed by atoms with Crippen molar-refractivity contribution in [3.05, 3.63) is 30.1 Å². The zero-order valence-electron chi connectivity index (χ0n) is 17.0. The quantitative estimate of drug-likeness (QED) is 0.672. The van der Waals surface area contributed by atoms with Crippen LogP contribution in [0.3, 0.4) is 0 Å². The minimum atomic E-state index is -4.00. The van der Waals surface area contributed by atoms with Gasteiger partial charge in [-0.15, -0.1) is 0 Å². The molecule has 1 spiro atoms. The number of hydrogen-bond donors (Lipinski definition) is 2. The number of carbonyl (C=O) groups excluding carboxylic acids is 3. The fourth-order valence-electron chi connectivity index (χ4n) is 4.57. The molecule has 4 amide bonds. The number of hydrazine groups is 1. The lowest BCUT2D eigenvalue weighted by Crippen LogP contribution is -2.53. The number of imide groups is 1. The summed E-state index contributed by atoms with van der Waals surface area (Å²) in [5.74, 6) is -2.32. The number of amides is 4. The zero-order valence-corrected chi connectivity index (χ0v) is 17.8. The van der Waals surface area contributed by atoms with Crippen molar-refractivity contribution >= 4 is 27.9 Å². The van der Waals surface area contributed by atoms with Gasteiger partial charge in [0.2, 0.25) is 15.9 Å². The second-order valence-corrected chi connectivity index (χ2v) is 10.2. The molecule has 1 saturated carbocycles. The Morgan fingerprint density at radius 1 is 1.10 bits per heavy atom. The van der Waals surface area contributed by atoms with Crippen LogP contribution in [0.4, 0.5) is 9.18 Å². The maximum atomic E-state index is 14.0. The molecular formula is C20H25FN4O5S. The lowest BCUT2D eigenvalue weighted by Gasteiger charge is -2.32. The van der Waals surface area contributed by atoms with E-state index in [1.165, 1.54) is 18.2 Å². The second kappa shape index (κ2) is 8.19. The van der Waals surface area contributed by atoms with E-state index in [0.717, 1.165) is 34.6 Å². The van der Waals surface area contributed by atoms with Crippen molar-refractivity contribution in [1.82, 2.24) is 20.1 Å². The molecule has 2 aliphatic heterocycles. The number of urea groups is 1. The molecule has 9 nitrogen and oxygen atoms in total. The smallest absolute Gasteiger partial charge is 0.322 e. The molecule has 1 aromatic rings. The Morgan fingerprint density at radius 3 is 2.39 bits per heavy atom. The summed E-state index contributed by atoms with van der Waals surface area (Å²) in [7, 11) is -4.00. The average molecular weight is 453 g/mol. The van der Waals surface area contributed by atoms with Gasteiger partial charge in [-0.2, -0.15) is 9.31 Å². The highest BCUT2D eigenvalue weighted by Crippen LogP contribution is 2.33. The molecule has 0 radical (unpaired) electrons. The van der Waals surface area contributed by atoms with Crippen LogP contribution in [0, 0.1) is 11.7 Å². The number of hydrogen-bond acceptors (Lipinski definition) is 5. The Bertz CT molecular complexity index is 1000. The summed E-state index contributed by atoms with van der Waals surface area (Å²) in [6.45, 7) is 0.0810. The third kappa shape index (κ3) is 3.91. The van der Waals surface area contributed by atoms with Crippen molar-refractivity contribution < 1.29 is 27.2 Å². The van der Waals surface area contributed by atoms with E-state index in [1.54, 1.807) is 0 Å². The summed E-state index contributed by atoms with van der Waals surface area (Å²) in [4.78, 5) is 37.4. The minimum Gasteiger partial charge on any atom is -0.322 e. The SMILES string of the molecule is O=C(NN1C(=O)NC2(CCCCC2)C1=O)C1CCN(S(=O)(=O)c2ccccc2F)CC1. The maximum absolute atomic E-state index is 14.0. The first kappa shape index (κ1) is 21.7. The van der Waals surface area contributed by atoms with Gasteiger partial charge in [-0.25, -0.2) is 17.6 Å². The number of benzene rings is 1. The molecule has 31 heavy (non-hydrogen) atoms. The van der Waals surface area contributed by atoms with Crippen LogP contribution in [-0.2, 0) is 19.6 Å². The molecular weight excluding hydrogens is 427 g/mol. The molecule has 3 fully saturated rings. The number of rotatable bonds is 4. The van der Waals surface area contributed by atoms with Crippen LogP contribution in [0.15, 0.2) is 29.2 Å². The fourth-order valence-corrected chi connectivity index (χ4v) is 6.10. The number of piperidine rings is 1. The van der Waals surface area contributed by atoms with Crippen molar-refractivity contribution in [2.24, 2.45) is 5.92 Å². The monoisotopic (exact) mass is 452 g/mol. The van der Waals surface area contributed by atoms with Crippen molar-refractivity contribution in [3.8, 4) is 0 Å². The molecule has 11 heteroatoms. The summed E-state index contributed by atoms with van der Waals surface area (Å²) in [6.07, 6.45) is 4.19. The maximum Gasteiger partial charge on any atom is 0.344 e. The summed E-state index contributed by atoms with van der Waals surface area (Å²) in [6, 6.07) is 4.53. The van der Waals surface area contributed by atoms with Crippen LogP contribution in [-0.4, -0.2) is 54.2 Å². The Hall–Kier alpha value is -2.53. The van der Waals surface area contributed by atoms with E-state index in [0.29, 0.717) is 12.8 Å². The summed E-state index contributed by atoms with van der Waals surface area (Å²) >= 11 is 0. The van der Waals surface area contributed by atoms with E-state index in [1.807, 2.05) is 0 Å². The predicted octanol–water partition coefficient (Wildman–Crippen LogP) is 1.51. The number of sulfonamides is 1. The normalized spacial score (nSPS) is 22.5. The van der Waals surface area contributed by atoms with Crippen molar-refractivity contribution in [1.29, 1.82) is 0 Å². The molecule has 3 aliphatic rings. The third-order valence-electron chi connectivity index (χ3n) is 6.37. The zero-order chi connectivity index (χ0) is 22.2. The number of nitrogens with one attached hydrogen (secondary N) is 2. The van der Waals surface area contributed by atoms with Crippen molar-refractivity contribution in [2.45, 2.75) is 55.4 Å². The van der Waals surface area contributed by atoms with Crippen LogP contribution >= 0.6 is 0 Å². The summed E-state index contributed by atoms with van der Waals surface area (Å²) in [5, 5.41) is 3.49. The van der Waals surface area contributed by atoms with Gasteiger partial charge in [-0.3, -0.25) is 15.0 Å². The molecule has 168 valence electrons. The molecule has 2 saturated heterocycles. The first-order valence-corrected chi connectivity index (χ1v) is 11.9. The molecule has 0 bridgehead atoms. The first-order chi connectivity index (χ1) is 14.7. The first-order valence-electron chi connectivity index (χ1n) is 10.5. The van der Waals surface area contributed by atoms with Gasteiger partial charge < -0.3 is 5.32 Å². The number of nitrogens with zero attached hydrogens (tertiary/aromatic N) is 2. The Balaban J connectivity index is 1.37. The van der Waals surface area contributed by atoms with E-state index in [9.17, 15) is 27.2 Å². The molecule has 0 unspecified atom stereocenters. The third-order valence-corrected chi connectivity index (χ3v) is 8.30. The molecule has 2 heterocycles. The van der Waals surface area contributed by atoms with Gasteiger partial charge in [0, 0.05) is 19.0 Å². The largest absolute Gasteiger partial charge is 0.344 e. The van der Waals surface area contributed by atoms with Crippen LogP contribution in [0.1, 0.15) is 44.9 Å². The van der Waals surface area contributed by atoms with E-state index in [4.69, 9.17) is 0 Å². The molecule has 4 rings (SSSR count). The minimum absolute atomic E-state index is 0.0405. The van der Waals surface area contributed by atoms with Crippen LogP contribution < -0.4 is 10.7 Å². The lowest BCUT2D eigenvalue weighted by atomic mass is 9.82. The highest BCUT2D eigenvalue weighted by Gasteiger charge is 2.52. The van der Waals surface area contributed by atoms with Gasteiger partial charge in [-0.05, 0) is 37.8 Å². The van der Waals surface area contributed by atoms with Crippen LogP contribution in [0.2, 0.25) is 0 Å². The Labute approximate surface area is 180 Å². The summed E-state index contributed by atoms with van der Waals surface area (Å²) < 4.78 is 40.5. The molecule has 1 aliphatic carbocycles. The van der Waals surface area contributed by atoms with Crippen molar-refractivity contribution in [3.63, 3.8) is 0 Å². The van der Waals surface area contributed by atoms with E-state index in [2.05, 4.69) is 10.7 Å². The number of halogens is 1. The lowest BCUT2D eigenvalue weighted by molar-refractivity contribution is -0.141. The van der Waals surface area contributed by atoms with E-state index in [-0.39, 0.29) is 25.9 Å². The molecule has 1 aromatic carbocycles. The highest BCUT2D eigenvalue weighted by molar-refractivity contribution is 7.89. The average Bonchev–Trinajstić information content (AvgIpc) is 2.98. The number of carbonyl (C=O) groups is 3. The topological polar surface area (TPSA) is 116 Å². The fraction of sp³-hybridized carbons (Fsp3) is 0.550. The van der Waals surface area contributed by atoms with E-state index < -0.39 is 50.0 Å². The Kier molecular flexibility index (Phi) is 5.73. The molecule has 2 N–H and O–H groups in total. The van der Waals surface area contributed by atoms with Crippen molar-refractivity contribution in [2.75, 3.05) is 13.1 Å². The van der Waals surface area contributed by atoms with Gasteiger partial charge >= 0.3 is 6.03 Å². The van der Waals surface area contributed by atoms with Gasteiger partial charge in [0.05, 0.1) is 0 Å². The van der Waals surface area contributed by atoms with Crippen LogP contribution in [0.25, 0.3) is 0 Å². The predicted molar refractivity (Wildman–Crippen MR) is 107 cm³/mol. The van der Waals surface area contributed by atoms with E-state index >= 15 is 0 Å². The molecule has 0 aromatic heterocycles. The molecule has 0 atom stereocenters. The highest BCUT2D eigenvalue weighted by atomic mass is 32.2.